The van der Waals surface area contributed by atoms with Crippen LogP contribution in [0.3, 0.4) is 0 Å². The Morgan fingerprint density at radius 1 is 1.38 bits per heavy atom. The highest BCUT2D eigenvalue weighted by atomic mass is 16.5. The number of benzene rings is 1. The van der Waals surface area contributed by atoms with Gasteiger partial charge >= 0.3 is 0 Å². The fourth-order valence-electron chi connectivity index (χ4n) is 3.26. The van der Waals surface area contributed by atoms with Crippen LogP contribution in [-0.4, -0.2) is 44.9 Å². The molecule has 2 rings (SSSR count). The Morgan fingerprint density at radius 3 is 2.86 bits per heavy atom. The normalized spacial score (nSPS) is 22.2. The van der Waals surface area contributed by atoms with Crippen molar-refractivity contribution in [2.45, 2.75) is 31.8 Å². The van der Waals surface area contributed by atoms with Crippen molar-refractivity contribution in [2.24, 2.45) is 11.7 Å². The van der Waals surface area contributed by atoms with Crippen LogP contribution in [0.15, 0.2) is 24.3 Å². The third-order valence-corrected chi connectivity index (χ3v) is 4.43. The fraction of sp³-hybridized carbons (Fsp3) is 0.647. The standard InChI is InChI=1S/C17H28N2O2/c1-4-16(18)17(14-6-5-7-15(10-14)21-3)19-9-8-13(11-19)12-20-2/h5-7,10,13,16-17H,4,8-9,11-12,18H2,1-3H3. The van der Waals surface area contributed by atoms with Gasteiger partial charge in [0.1, 0.15) is 5.75 Å². The predicted octanol–water partition coefficient (Wildman–Crippen LogP) is 2.44. The smallest absolute Gasteiger partial charge is 0.119 e. The van der Waals surface area contributed by atoms with Crippen molar-refractivity contribution in [3.8, 4) is 5.75 Å². The van der Waals surface area contributed by atoms with Gasteiger partial charge in [0.25, 0.3) is 0 Å². The molecule has 1 saturated heterocycles. The van der Waals surface area contributed by atoms with Crippen LogP contribution >= 0.6 is 0 Å². The third kappa shape index (κ3) is 3.96. The largest absolute Gasteiger partial charge is 0.497 e. The summed E-state index contributed by atoms with van der Waals surface area (Å²) in [6.07, 6.45) is 2.15. The van der Waals surface area contributed by atoms with E-state index in [1.165, 1.54) is 12.0 Å². The highest BCUT2D eigenvalue weighted by Crippen LogP contribution is 2.32. The second-order valence-corrected chi connectivity index (χ2v) is 5.90. The van der Waals surface area contributed by atoms with E-state index < -0.39 is 0 Å². The first-order valence-corrected chi connectivity index (χ1v) is 7.82. The summed E-state index contributed by atoms with van der Waals surface area (Å²) in [5.74, 6) is 1.51. The maximum absolute atomic E-state index is 6.43. The molecule has 3 unspecified atom stereocenters. The summed E-state index contributed by atoms with van der Waals surface area (Å²) in [6.45, 7) is 5.14. The van der Waals surface area contributed by atoms with Crippen LogP contribution in [0.1, 0.15) is 31.4 Å². The van der Waals surface area contributed by atoms with E-state index in [4.69, 9.17) is 15.2 Å². The number of nitrogens with two attached hydrogens (primary N) is 1. The van der Waals surface area contributed by atoms with Crippen LogP contribution in [0.25, 0.3) is 0 Å². The molecule has 0 amide bonds. The van der Waals surface area contributed by atoms with E-state index >= 15 is 0 Å². The van der Waals surface area contributed by atoms with Gasteiger partial charge in [0.15, 0.2) is 0 Å². The Bertz CT molecular complexity index is 439. The number of hydrogen-bond donors (Lipinski definition) is 1. The van der Waals surface area contributed by atoms with Gasteiger partial charge in [-0.1, -0.05) is 19.1 Å². The van der Waals surface area contributed by atoms with Gasteiger partial charge in [0.2, 0.25) is 0 Å². The first-order valence-electron chi connectivity index (χ1n) is 7.82. The Labute approximate surface area is 128 Å². The molecule has 1 aliphatic rings. The average Bonchev–Trinajstić information content (AvgIpc) is 2.96. The fourth-order valence-corrected chi connectivity index (χ4v) is 3.26. The molecule has 0 aliphatic carbocycles. The molecule has 0 spiro atoms. The first kappa shape index (κ1) is 16.3. The zero-order valence-corrected chi connectivity index (χ0v) is 13.4. The lowest BCUT2D eigenvalue weighted by atomic mass is 9.96. The minimum absolute atomic E-state index is 0.137. The summed E-state index contributed by atoms with van der Waals surface area (Å²) in [6, 6.07) is 8.70. The second kappa shape index (κ2) is 7.78. The van der Waals surface area contributed by atoms with Gasteiger partial charge < -0.3 is 15.2 Å². The van der Waals surface area contributed by atoms with Gasteiger partial charge in [0, 0.05) is 19.7 Å². The van der Waals surface area contributed by atoms with Gasteiger partial charge in [-0.05, 0) is 43.0 Å². The van der Waals surface area contributed by atoms with Gasteiger partial charge in [-0.3, -0.25) is 4.90 Å². The van der Waals surface area contributed by atoms with Gasteiger partial charge in [-0.15, -0.1) is 0 Å². The lowest BCUT2D eigenvalue weighted by Crippen LogP contribution is -2.40. The summed E-state index contributed by atoms with van der Waals surface area (Å²) < 4.78 is 10.7. The van der Waals surface area contributed by atoms with Gasteiger partial charge in [0.05, 0.1) is 19.8 Å². The number of nitrogens with zero attached hydrogens (tertiary/aromatic N) is 1. The predicted molar refractivity (Wildman–Crippen MR) is 85.6 cm³/mol. The number of hydrogen-bond acceptors (Lipinski definition) is 4. The minimum atomic E-state index is 0.137. The Kier molecular flexibility index (Phi) is 6.03. The average molecular weight is 292 g/mol. The second-order valence-electron chi connectivity index (χ2n) is 5.90. The van der Waals surface area contributed by atoms with Crippen molar-refractivity contribution in [3.05, 3.63) is 29.8 Å². The Morgan fingerprint density at radius 2 is 2.19 bits per heavy atom. The first-order chi connectivity index (χ1) is 10.2. The van der Waals surface area contributed by atoms with Crippen molar-refractivity contribution in [1.82, 2.24) is 4.90 Å². The Hall–Kier alpha value is -1.10. The molecule has 0 bridgehead atoms. The molecule has 0 aromatic heterocycles. The lowest BCUT2D eigenvalue weighted by molar-refractivity contribution is 0.142. The van der Waals surface area contributed by atoms with Crippen molar-refractivity contribution in [2.75, 3.05) is 33.9 Å². The van der Waals surface area contributed by atoms with Crippen molar-refractivity contribution >= 4 is 0 Å². The van der Waals surface area contributed by atoms with E-state index in [0.29, 0.717) is 5.92 Å². The molecule has 1 heterocycles. The molecule has 3 atom stereocenters. The molecular weight excluding hydrogens is 264 g/mol. The molecule has 0 radical (unpaired) electrons. The van der Waals surface area contributed by atoms with E-state index in [9.17, 15) is 0 Å². The Balaban J connectivity index is 2.18. The van der Waals surface area contributed by atoms with Crippen LogP contribution < -0.4 is 10.5 Å². The zero-order valence-electron chi connectivity index (χ0n) is 13.4. The highest BCUT2D eigenvalue weighted by molar-refractivity contribution is 5.31. The summed E-state index contributed by atoms with van der Waals surface area (Å²) >= 11 is 0. The van der Waals surface area contributed by atoms with E-state index in [1.807, 2.05) is 12.1 Å². The van der Waals surface area contributed by atoms with E-state index in [2.05, 4.69) is 24.0 Å². The maximum atomic E-state index is 6.43. The monoisotopic (exact) mass is 292 g/mol. The van der Waals surface area contributed by atoms with Crippen LogP contribution in [0, 0.1) is 5.92 Å². The van der Waals surface area contributed by atoms with E-state index in [-0.39, 0.29) is 12.1 Å². The maximum Gasteiger partial charge on any atom is 0.119 e. The van der Waals surface area contributed by atoms with Crippen LogP contribution in [0.5, 0.6) is 5.75 Å². The molecule has 1 fully saturated rings. The molecular formula is C17H28N2O2. The number of rotatable bonds is 7. The summed E-state index contributed by atoms with van der Waals surface area (Å²) in [4.78, 5) is 2.51. The minimum Gasteiger partial charge on any atom is -0.497 e. The van der Waals surface area contributed by atoms with Crippen LogP contribution in [0.2, 0.25) is 0 Å². The van der Waals surface area contributed by atoms with Crippen molar-refractivity contribution < 1.29 is 9.47 Å². The molecule has 0 saturated carbocycles. The van der Waals surface area contributed by atoms with Gasteiger partial charge in [-0.25, -0.2) is 0 Å². The molecule has 1 aliphatic heterocycles. The summed E-state index contributed by atoms with van der Waals surface area (Å²) in [5.41, 5.74) is 7.68. The molecule has 2 N–H and O–H groups in total. The molecule has 21 heavy (non-hydrogen) atoms. The van der Waals surface area contributed by atoms with Crippen molar-refractivity contribution in [3.63, 3.8) is 0 Å². The van der Waals surface area contributed by atoms with Gasteiger partial charge in [-0.2, -0.15) is 0 Å². The zero-order chi connectivity index (χ0) is 15.2. The third-order valence-electron chi connectivity index (χ3n) is 4.43. The quantitative estimate of drug-likeness (QED) is 0.838. The SMILES string of the molecule is CCC(N)C(c1cccc(OC)c1)N1CCC(COC)C1. The van der Waals surface area contributed by atoms with E-state index in [0.717, 1.165) is 31.9 Å². The number of methoxy groups -OCH3 is 2. The highest BCUT2D eigenvalue weighted by Gasteiger charge is 2.32. The molecule has 118 valence electrons. The van der Waals surface area contributed by atoms with E-state index in [1.54, 1.807) is 14.2 Å². The molecule has 4 heteroatoms. The number of likely N-dealkylation sites (tertiary alicyclic amines) is 1. The van der Waals surface area contributed by atoms with Crippen LogP contribution in [0.4, 0.5) is 0 Å². The molecule has 1 aromatic rings. The van der Waals surface area contributed by atoms with Crippen molar-refractivity contribution in [1.29, 1.82) is 0 Å². The molecule has 1 aromatic carbocycles. The van der Waals surface area contributed by atoms with Crippen LogP contribution in [-0.2, 0) is 4.74 Å². The topological polar surface area (TPSA) is 47.7 Å². The lowest BCUT2D eigenvalue weighted by Gasteiger charge is -2.33. The molecule has 4 nitrogen and oxygen atoms in total. The number of ether oxygens (including phenoxy) is 2. The summed E-state index contributed by atoms with van der Waals surface area (Å²) in [5, 5.41) is 0. The summed E-state index contributed by atoms with van der Waals surface area (Å²) in [7, 11) is 3.48.